The highest BCUT2D eigenvalue weighted by atomic mass is 16.7. The van der Waals surface area contributed by atoms with Gasteiger partial charge in [0.1, 0.15) is 0 Å². The van der Waals surface area contributed by atoms with Crippen LogP contribution in [0.4, 0.5) is 0 Å². The van der Waals surface area contributed by atoms with Crippen molar-refractivity contribution in [2.24, 2.45) is 5.92 Å². The van der Waals surface area contributed by atoms with Crippen LogP contribution in [0, 0.1) is 5.92 Å². The first kappa shape index (κ1) is 19.8. The number of rotatable bonds is 9. The van der Waals surface area contributed by atoms with Gasteiger partial charge in [-0.2, -0.15) is 0 Å². The van der Waals surface area contributed by atoms with Crippen LogP contribution in [-0.2, 0) is 11.3 Å². The summed E-state index contributed by atoms with van der Waals surface area (Å²) < 4.78 is 0. The van der Waals surface area contributed by atoms with E-state index in [2.05, 4.69) is 56.6 Å². The monoisotopic (exact) mass is 350 g/mol. The van der Waals surface area contributed by atoms with Gasteiger partial charge in [0.15, 0.2) is 0 Å². The number of benzene rings is 1. The Balaban J connectivity index is 2.09. The quantitative estimate of drug-likeness (QED) is 0.488. The van der Waals surface area contributed by atoms with Gasteiger partial charge in [0, 0.05) is 6.20 Å². The average Bonchev–Trinajstić information content (AvgIpc) is 2.89. The molecule has 1 N–H and O–H groups in total. The smallest absolute Gasteiger partial charge is 0.0934 e. The second-order valence-corrected chi connectivity index (χ2v) is 6.53. The van der Waals surface area contributed by atoms with Gasteiger partial charge in [-0.15, -0.1) is 6.58 Å². The second kappa shape index (κ2) is 10.5. The van der Waals surface area contributed by atoms with E-state index >= 15 is 0 Å². The highest BCUT2D eigenvalue weighted by Crippen LogP contribution is 2.18. The molecule has 0 bridgehead atoms. The lowest BCUT2D eigenvalue weighted by Gasteiger charge is -2.16. The van der Waals surface area contributed by atoms with E-state index in [1.54, 1.807) is 5.06 Å². The zero-order chi connectivity index (χ0) is 18.8. The minimum absolute atomic E-state index is 0.547. The maximum Gasteiger partial charge on any atom is 0.0934 e. The van der Waals surface area contributed by atoms with Gasteiger partial charge in [-0.3, -0.25) is 9.90 Å². The van der Waals surface area contributed by atoms with Crippen molar-refractivity contribution in [3.63, 3.8) is 0 Å². The lowest BCUT2D eigenvalue weighted by molar-refractivity contribution is -0.0978. The number of hydrogen-bond acceptors (Lipinski definition) is 3. The molecule has 0 aliphatic carbocycles. The third kappa shape index (κ3) is 6.08. The minimum atomic E-state index is 0.547. The molecule has 1 atom stereocenters. The summed E-state index contributed by atoms with van der Waals surface area (Å²) in [6, 6.07) is 8.75. The third-order valence-electron chi connectivity index (χ3n) is 4.41. The molecule has 1 aliphatic rings. The fourth-order valence-electron chi connectivity index (χ4n) is 2.67. The van der Waals surface area contributed by atoms with Gasteiger partial charge in [-0.05, 0) is 35.1 Å². The Kier molecular flexibility index (Phi) is 7.97. The fourth-order valence-corrected chi connectivity index (χ4v) is 2.67. The van der Waals surface area contributed by atoms with Gasteiger partial charge in [0.2, 0.25) is 0 Å². The second-order valence-electron chi connectivity index (χ2n) is 6.53. The minimum Gasteiger partial charge on any atom is -0.360 e. The van der Waals surface area contributed by atoms with Gasteiger partial charge in [0.05, 0.1) is 25.0 Å². The Hall–Kier alpha value is -2.52. The van der Waals surface area contributed by atoms with Crippen molar-refractivity contribution in [2.75, 3.05) is 13.2 Å². The molecule has 0 fully saturated rings. The molecule has 0 spiro atoms. The predicted octanol–water partition coefficient (Wildman–Crippen LogP) is 5.22. The Bertz CT molecular complexity index is 683. The molecule has 1 unspecified atom stereocenters. The van der Waals surface area contributed by atoms with E-state index in [-0.39, 0.29) is 0 Å². The third-order valence-corrected chi connectivity index (χ3v) is 4.41. The summed E-state index contributed by atoms with van der Waals surface area (Å²) in [6.45, 7) is 13.4. The van der Waals surface area contributed by atoms with Crippen LogP contribution >= 0.6 is 0 Å². The van der Waals surface area contributed by atoms with E-state index in [4.69, 9.17) is 4.84 Å². The molecule has 0 amide bonds. The Morgan fingerprint density at radius 1 is 1.31 bits per heavy atom. The number of allylic oxidation sites excluding steroid dienone is 3. The molecule has 1 aromatic carbocycles. The Labute approximate surface area is 158 Å². The first-order chi connectivity index (χ1) is 12.7. The molecule has 1 heterocycles. The van der Waals surface area contributed by atoms with Crippen molar-refractivity contribution in [1.82, 2.24) is 10.4 Å². The number of hydroxylamine groups is 2. The normalized spacial score (nSPS) is 15.8. The molecule has 26 heavy (non-hydrogen) atoms. The summed E-state index contributed by atoms with van der Waals surface area (Å²) in [5.74, 6) is 0.714. The molecular formula is C23H30N2O. The molecule has 0 radical (unpaired) electrons. The van der Waals surface area contributed by atoms with E-state index in [0.717, 1.165) is 23.3 Å². The zero-order valence-corrected chi connectivity index (χ0v) is 15.9. The van der Waals surface area contributed by atoms with Crippen molar-refractivity contribution in [1.29, 1.82) is 0 Å². The summed E-state index contributed by atoms with van der Waals surface area (Å²) in [7, 11) is 0. The molecule has 3 heteroatoms. The molecule has 3 nitrogen and oxygen atoms in total. The molecular weight excluding hydrogens is 320 g/mol. The van der Waals surface area contributed by atoms with Crippen molar-refractivity contribution >= 4 is 5.57 Å². The van der Waals surface area contributed by atoms with Crippen LogP contribution in [0.15, 0.2) is 79.8 Å². The van der Waals surface area contributed by atoms with E-state index < -0.39 is 0 Å². The van der Waals surface area contributed by atoms with Crippen LogP contribution in [0.5, 0.6) is 0 Å². The molecule has 1 aromatic rings. The number of hydrogen-bond donors (Lipinski definition) is 1. The average molecular weight is 351 g/mol. The van der Waals surface area contributed by atoms with Crippen LogP contribution in [0.2, 0.25) is 0 Å². The van der Waals surface area contributed by atoms with Crippen LogP contribution < -0.4 is 5.32 Å². The van der Waals surface area contributed by atoms with E-state index in [1.807, 2.05) is 36.7 Å². The summed E-state index contributed by atoms with van der Waals surface area (Å²) in [6.07, 6.45) is 13.9. The maximum absolute atomic E-state index is 5.56. The SMILES string of the molecule is C=CCN1C=C(N/C=C(\C=C)c2ccc(CC(C)CC)cc2)C=CCO1. The molecule has 1 aliphatic heterocycles. The van der Waals surface area contributed by atoms with Gasteiger partial charge in [-0.1, -0.05) is 69.3 Å². The molecule has 2 rings (SSSR count). The van der Waals surface area contributed by atoms with Crippen molar-refractivity contribution in [2.45, 2.75) is 26.7 Å². The largest absolute Gasteiger partial charge is 0.360 e. The number of nitrogens with zero attached hydrogens (tertiary/aromatic N) is 1. The van der Waals surface area contributed by atoms with E-state index in [9.17, 15) is 0 Å². The lowest BCUT2D eigenvalue weighted by atomic mass is 9.97. The highest BCUT2D eigenvalue weighted by molar-refractivity contribution is 5.73. The van der Waals surface area contributed by atoms with E-state index in [1.165, 1.54) is 12.0 Å². The molecule has 0 aromatic heterocycles. The Morgan fingerprint density at radius 2 is 2.08 bits per heavy atom. The fraction of sp³-hybridized carbons (Fsp3) is 0.304. The molecule has 0 saturated carbocycles. The van der Waals surface area contributed by atoms with E-state index in [0.29, 0.717) is 19.1 Å². The van der Waals surface area contributed by atoms with Crippen molar-refractivity contribution in [3.8, 4) is 0 Å². The lowest BCUT2D eigenvalue weighted by Crippen LogP contribution is -2.19. The molecule has 138 valence electrons. The van der Waals surface area contributed by atoms with Crippen LogP contribution in [-0.4, -0.2) is 18.2 Å². The standard InChI is InChI=1S/C23H30N2O/c1-5-14-25-18-23(9-8-15-26-25)24-17-21(7-3)22-12-10-20(11-13-22)16-19(4)6-2/h5,7-13,17-19,24H,1,3,6,14-16H2,2,4H3/b21-17+. The summed E-state index contributed by atoms with van der Waals surface area (Å²) >= 11 is 0. The van der Waals surface area contributed by atoms with Crippen LogP contribution in [0.1, 0.15) is 31.4 Å². The first-order valence-corrected chi connectivity index (χ1v) is 9.23. The van der Waals surface area contributed by atoms with Crippen molar-refractivity contribution in [3.05, 3.63) is 91.0 Å². The number of nitrogens with one attached hydrogen (secondary N) is 1. The van der Waals surface area contributed by atoms with Crippen molar-refractivity contribution < 1.29 is 4.84 Å². The van der Waals surface area contributed by atoms with Gasteiger partial charge >= 0.3 is 0 Å². The Morgan fingerprint density at radius 3 is 2.73 bits per heavy atom. The van der Waals surface area contributed by atoms with Crippen LogP contribution in [0.3, 0.4) is 0 Å². The summed E-state index contributed by atoms with van der Waals surface area (Å²) in [5, 5.41) is 5.10. The zero-order valence-electron chi connectivity index (χ0n) is 15.9. The van der Waals surface area contributed by atoms with Crippen LogP contribution in [0.25, 0.3) is 5.57 Å². The van der Waals surface area contributed by atoms with Gasteiger partial charge in [0.25, 0.3) is 0 Å². The summed E-state index contributed by atoms with van der Waals surface area (Å²) in [4.78, 5) is 5.56. The highest BCUT2D eigenvalue weighted by Gasteiger charge is 2.05. The predicted molar refractivity (Wildman–Crippen MR) is 111 cm³/mol. The van der Waals surface area contributed by atoms with Gasteiger partial charge in [-0.25, -0.2) is 0 Å². The maximum atomic E-state index is 5.56. The van der Waals surface area contributed by atoms with Gasteiger partial charge < -0.3 is 5.32 Å². The first-order valence-electron chi connectivity index (χ1n) is 9.23. The topological polar surface area (TPSA) is 24.5 Å². The summed E-state index contributed by atoms with van der Waals surface area (Å²) in [5.41, 5.74) is 4.54. The molecule has 0 saturated heterocycles.